The third-order valence-electron chi connectivity index (χ3n) is 4.83. The highest BCUT2D eigenvalue weighted by molar-refractivity contribution is 8.01. The fourth-order valence-corrected chi connectivity index (χ4v) is 7.30. The maximum Gasteiger partial charge on any atom is 0.327 e. The van der Waals surface area contributed by atoms with E-state index in [1.165, 1.54) is 16.7 Å². The normalized spacial score (nSPS) is 27.2. The highest BCUT2D eigenvalue weighted by atomic mass is 32.2. The molecule has 0 bridgehead atoms. The quantitative estimate of drug-likeness (QED) is 0.743. The molecule has 1 amide bonds. The number of aliphatic carboxylic acids is 1. The minimum absolute atomic E-state index is 0.173. The Labute approximate surface area is 157 Å². The molecule has 1 aromatic carbocycles. The van der Waals surface area contributed by atoms with Gasteiger partial charge in [0.25, 0.3) is 0 Å². The maximum atomic E-state index is 12.9. The number of carboxylic acid groups (broad SMARTS) is 1. The second-order valence-electron chi connectivity index (χ2n) is 7.42. The van der Waals surface area contributed by atoms with Crippen LogP contribution < -0.4 is 4.72 Å². The molecule has 2 fully saturated rings. The Morgan fingerprint density at radius 3 is 2.27 bits per heavy atom. The van der Waals surface area contributed by atoms with Crippen molar-refractivity contribution in [1.82, 2.24) is 9.62 Å². The van der Waals surface area contributed by atoms with E-state index in [2.05, 4.69) is 4.72 Å². The van der Waals surface area contributed by atoms with Gasteiger partial charge in [0.2, 0.25) is 15.9 Å². The molecule has 0 saturated carbocycles. The molecule has 0 spiro atoms. The number of thioether (sulfide) groups is 1. The van der Waals surface area contributed by atoms with E-state index in [4.69, 9.17) is 0 Å². The summed E-state index contributed by atoms with van der Waals surface area (Å²) in [5, 5.41) is 8.92. The first-order chi connectivity index (χ1) is 11.9. The van der Waals surface area contributed by atoms with Gasteiger partial charge >= 0.3 is 5.97 Å². The number of rotatable bonds is 4. The Kier molecular flexibility index (Phi) is 4.40. The molecule has 3 atom stereocenters. The van der Waals surface area contributed by atoms with Gasteiger partial charge in [0.15, 0.2) is 0 Å². The van der Waals surface area contributed by atoms with Crippen LogP contribution in [0.15, 0.2) is 17.0 Å². The molecule has 0 aliphatic carbocycles. The highest BCUT2D eigenvalue weighted by Crippen LogP contribution is 2.51. The van der Waals surface area contributed by atoms with Crippen LogP contribution in [-0.4, -0.2) is 52.5 Å². The van der Waals surface area contributed by atoms with Gasteiger partial charge in [-0.2, -0.15) is 4.72 Å². The summed E-state index contributed by atoms with van der Waals surface area (Å²) in [4.78, 5) is 25.5. The van der Waals surface area contributed by atoms with Crippen LogP contribution in [0.3, 0.4) is 0 Å². The van der Waals surface area contributed by atoms with Crippen molar-refractivity contribution in [3.63, 3.8) is 0 Å². The predicted octanol–water partition coefficient (Wildman–Crippen LogP) is 1.41. The second kappa shape index (κ2) is 5.97. The zero-order chi connectivity index (χ0) is 19.6. The average molecular weight is 399 g/mol. The monoisotopic (exact) mass is 398 g/mol. The van der Waals surface area contributed by atoms with Crippen molar-refractivity contribution < 1.29 is 23.1 Å². The Balaban J connectivity index is 1.90. The second-order valence-corrected chi connectivity index (χ2v) is 10.8. The molecule has 2 aliphatic rings. The fourth-order valence-electron chi connectivity index (χ4n) is 3.94. The van der Waals surface area contributed by atoms with E-state index in [0.29, 0.717) is 11.1 Å². The van der Waals surface area contributed by atoms with Crippen LogP contribution in [0.25, 0.3) is 0 Å². The Morgan fingerprint density at radius 2 is 1.77 bits per heavy atom. The Hall–Kier alpha value is -1.58. The summed E-state index contributed by atoms with van der Waals surface area (Å²) in [5.41, 5.74) is 2.19. The topological polar surface area (TPSA) is 104 Å². The van der Waals surface area contributed by atoms with Gasteiger partial charge in [-0.05, 0) is 45.7 Å². The van der Waals surface area contributed by atoms with Gasteiger partial charge in [0, 0.05) is 4.75 Å². The van der Waals surface area contributed by atoms with Crippen LogP contribution in [0.2, 0.25) is 0 Å². The summed E-state index contributed by atoms with van der Waals surface area (Å²) in [6.45, 7) is 8.83. The van der Waals surface area contributed by atoms with Crippen LogP contribution >= 0.6 is 11.8 Å². The standard InChI is InChI=1S/C17H22N2O5S2/c1-8-6-9(2)12(10(3)7-8)26(23,24)18-11-14(20)19-13(16(21)22)17(4,5)25-15(11)19/h6-7,11,13,15,18H,1-5H3,(H,21,22)/t11-,13+,15-/m1/s1. The molecule has 2 aliphatic heterocycles. The smallest absolute Gasteiger partial charge is 0.327 e. The molecule has 3 rings (SSSR count). The van der Waals surface area contributed by atoms with Crippen LogP contribution in [0.4, 0.5) is 0 Å². The largest absolute Gasteiger partial charge is 0.480 e. The zero-order valence-corrected chi connectivity index (χ0v) is 16.9. The average Bonchev–Trinajstić information content (AvgIpc) is 2.72. The van der Waals surface area contributed by atoms with Gasteiger partial charge in [-0.3, -0.25) is 4.79 Å². The first-order valence-electron chi connectivity index (χ1n) is 8.20. The zero-order valence-electron chi connectivity index (χ0n) is 15.2. The van der Waals surface area contributed by atoms with Crippen molar-refractivity contribution >= 4 is 33.7 Å². The summed E-state index contributed by atoms with van der Waals surface area (Å²) < 4.78 is 27.6. The van der Waals surface area contributed by atoms with E-state index in [0.717, 1.165) is 5.56 Å². The lowest BCUT2D eigenvalue weighted by molar-refractivity contribution is -0.159. The molecule has 9 heteroatoms. The molecule has 7 nitrogen and oxygen atoms in total. The lowest BCUT2D eigenvalue weighted by Crippen LogP contribution is -2.70. The van der Waals surface area contributed by atoms with E-state index in [9.17, 15) is 23.1 Å². The van der Waals surface area contributed by atoms with Crippen LogP contribution in [0, 0.1) is 20.8 Å². The Bertz CT molecular complexity index is 887. The van der Waals surface area contributed by atoms with Crippen molar-refractivity contribution in [3.8, 4) is 0 Å². The third kappa shape index (κ3) is 2.82. The number of amides is 1. The number of hydrogen-bond donors (Lipinski definition) is 2. The van der Waals surface area contributed by atoms with Crippen molar-refractivity contribution in [2.75, 3.05) is 0 Å². The molecule has 2 heterocycles. The fraction of sp³-hybridized carbons (Fsp3) is 0.529. The minimum Gasteiger partial charge on any atom is -0.480 e. The molecular formula is C17H22N2O5S2. The number of nitrogens with one attached hydrogen (secondary N) is 1. The molecule has 142 valence electrons. The predicted molar refractivity (Wildman–Crippen MR) is 98.5 cm³/mol. The van der Waals surface area contributed by atoms with Gasteiger partial charge in [-0.15, -0.1) is 11.8 Å². The van der Waals surface area contributed by atoms with Crippen molar-refractivity contribution in [2.24, 2.45) is 0 Å². The van der Waals surface area contributed by atoms with Crippen molar-refractivity contribution in [3.05, 3.63) is 28.8 Å². The number of carbonyl (C=O) groups is 2. The number of carboxylic acids is 1. The lowest BCUT2D eigenvalue weighted by Gasteiger charge is -2.43. The van der Waals surface area contributed by atoms with Crippen molar-refractivity contribution in [1.29, 1.82) is 0 Å². The van der Waals surface area contributed by atoms with Gasteiger partial charge in [-0.25, -0.2) is 13.2 Å². The summed E-state index contributed by atoms with van der Waals surface area (Å²) in [6, 6.07) is 1.65. The van der Waals surface area contributed by atoms with E-state index in [1.807, 2.05) is 6.92 Å². The summed E-state index contributed by atoms with van der Waals surface area (Å²) in [5.74, 6) is -1.57. The van der Waals surface area contributed by atoms with Gasteiger partial charge in [-0.1, -0.05) is 17.7 Å². The first kappa shape index (κ1) is 19.2. The molecule has 1 aromatic rings. The van der Waals surface area contributed by atoms with E-state index >= 15 is 0 Å². The summed E-state index contributed by atoms with van der Waals surface area (Å²) in [6.07, 6.45) is 0. The third-order valence-corrected chi connectivity index (χ3v) is 8.15. The van der Waals surface area contributed by atoms with Gasteiger partial charge in [0.05, 0.1) is 4.90 Å². The molecule has 0 radical (unpaired) electrons. The van der Waals surface area contributed by atoms with Crippen LogP contribution in [-0.2, 0) is 19.6 Å². The molecule has 0 unspecified atom stereocenters. The lowest BCUT2D eigenvalue weighted by atomic mass is 9.96. The van der Waals surface area contributed by atoms with Crippen LogP contribution in [0.1, 0.15) is 30.5 Å². The number of carbonyl (C=O) groups excluding carboxylic acids is 1. The first-order valence-corrected chi connectivity index (χ1v) is 10.6. The highest BCUT2D eigenvalue weighted by Gasteiger charge is 2.64. The number of fused-ring (bicyclic) bond motifs is 1. The van der Waals surface area contributed by atoms with E-state index < -0.39 is 44.1 Å². The number of hydrogen-bond acceptors (Lipinski definition) is 5. The number of benzene rings is 1. The Morgan fingerprint density at radius 1 is 1.23 bits per heavy atom. The molecular weight excluding hydrogens is 376 g/mol. The van der Waals surface area contributed by atoms with Gasteiger partial charge < -0.3 is 10.0 Å². The van der Waals surface area contributed by atoms with Gasteiger partial charge in [0.1, 0.15) is 17.5 Å². The number of sulfonamides is 1. The van der Waals surface area contributed by atoms with E-state index in [1.54, 1.807) is 39.8 Å². The number of β-lactam (4-membered cyclic amide) rings is 1. The number of aryl methyl sites for hydroxylation is 3. The molecule has 2 saturated heterocycles. The minimum atomic E-state index is -3.90. The number of nitrogens with zero attached hydrogens (tertiary/aromatic N) is 1. The van der Waals surface area contributed by atoms with Crippen LogP contribution in [0.5, 0.6) is 0 Å². The summed E-state index contributed by atoms with van der Waals surface area (Å²) in [7, 11) is -3.90. The van der Waals surface area contributed by atoms with Crippen molar-refractivity contribution in [2.45, 2.75) is 61.7 Å². The summed E-state index contributed by atoms with van der Waals surface area (Å²) >= 11 is 1.31. The molecule has 2 N–H and O–H groups in total. The van der Waals surface area contributed by atoms with E-state index in [-0.39, 0.29) is 4.90 Å². The maximum absolute atomic E-state index is 12.9. The molecule has 26 heavy (non-hydrogen) atoms. The SMILES string of the molecule is Cc1cc(C)c(S(=O)(=O)N[C@@H]2C(=O)N3[C@@H]2SC(C)(C)[C@@H]3C(=O)O)c(C)c1. The molecule has 0 aromatic heterocycles.